The van der Waals surface area contributed by atoms with E-state index in [1.54, 1.807) is 0 Å². The fourth-order valence-electron chi connectivity index (χ4n) is 2.30. The highest BCUT2D eigenvalue weighted by Crippen LogP contribution is 2.43. The Morgan fingerprint density at radius 3 is 2.87 bits per heavy atom. The fraction of sp³-hybridized carbons (Fsp3) is 0.615. The van der Waals surface area contributed by atoms with E-state index in [1.165, 1.54) is 24.7 Å². The van der Waals surface area contributed by atoms with Crippen LogP contribution >= 0.6 is 0 Å². The molecule has 0 spiro atoms. The van der Waals surface area contributed by atoms with Gasteiger partial charge in [-0.3, -0.25) is 4.79 Å². The SMILES string of the molecule is C=C[C@@]1(C)CCCC(C)=C1CC(=O)OC. The summed E-state index contributed by atoms with van der Waals surface area (Å²) in [4.78, 5) is 11.3. The van der Waals surface area contributed by atoms with Gasteiger partial charge in [0.05, 0.1) is 13.5 Å². The highest BCUT2D eigenvalue weighted by molar-refractivity contribution is 5.73. The van der Waals surface area contributed by atoms with Crippen LogP contribution in [-0.4, -0.2) is 13.1 Å². The molecule has 0 bridgehead atoms. The predicted octanol–water partition coefficient (Wildman–Crippen LogP) is 3.24. The Hall–Kier alpha value is -1.05. The molecule has 0 saturated carbocycles. The van der Waals surface area contributed by atoms with Crippen LogP contribution in [-0.2, 0) is 9.53 Å². The normalized spacial score (nSPS) is 26.3. The van der Waals surface area contributed by atoms with Gasteiger partial charge in [0.15, 0.2) is 0 Å². The molecule has 0 aromatic heterocycles. The average molecular weight is 208 g/mol. The summed E-state index contributed by atoms with van der Waals surface area (Å²) in [6.07, 6.45) is 5.73. The second kappa shape index (κ2) is 4.65. The molecule has 1 aliphatic rings. The zero-order valence-corrected chi connectivity index (χ0v) is 9.93. The van der Waals surface area contributed by atoms with Crippen LogP contribution in [0.2, 0.25) is 0 Å². The van der Waals surface area contributed by atoms with Crippen LogP contribution in [0.3, 0.4) is 0 Å². The summed E-state index contributed by atoms with van der Waals surface area (Å²) in [7, 11) is 1.44. The molecule has 0 saturated heterocycles. The van der Waals surface area contributed by atoms with Crippen molar-refractivity contribution < 1.29 is 9.53 Å². The largest absolute Gasteiger partial charge is 0.469 e. The first kappa shape index (κ1) is 12.0. The van der Waals surface area contributed by atoms with E-state index in [2.05, 4.69) is 20.4 Å². The average Bonchev–Trinajstić information content (AvgIpc) is 2.23. The van der Waals surface area contributed by atoms with Crippen molar-refractivity contribution in [3.63, 3.8) is 0 Å². The van der Waals surface area contributed by atoms with E-state index in [-0.39, 0.29) is 11.4 Å². The van der Waals surface area contributed by atoms with Crippen molar-refractivity contribution in [1.29, 1.82) is 0 Å². The highest BCUT2D eigenvalue weighted by Gasteiger charge is 2.31. The summed E-state index contributed by atoms with van der Waals surface area (Å²) in [6, 6.07) is 0. The third-order valence-corrected chi connectivity index (χ3v) is 3.45. The number of allylic oxidation sites excluding steroid dienone is 2. The topological polar surface area (TPSA) is 26.3 Å². The maximum absolute atomic E-state index is 11.3. The summed E-state index contributed by atoms with van der Waals surface area (Å²) in [5.74, 6) is -0.153. The summed E-state index contributed by atoms with van der Waals surface area (Å²) in [5.41, 5.74) is 2.51. The van der Waals surface area contributed by atoms with Crippen molar-refractivity contribution in [3.05, 3.63) is 23.8 Å². The maximum atomic E-state index is 11.3. The van der Waals surface area contributed by atoms with Crippen LogP contribution < -0.4 is 0 Å². The first-order chi connectivity index (χ1) is 7.03. The molecule has 0 aromatic carbocycles. The lowest BCUT2D eigenvalue weighted by molar-refractivity contribution is -0.140. The van der Waals surface area contributed by atoms with Gasteiger partial charge < -0.3 is 4.74 Å². The Kier molecular flexibility index (Phi) is 3.72. The maximum Gasteiger partial charge on any atom is 0.309 e. The van der Waals surface area contributed by atoms with Crippen molar-refractivity contribution >= 4 is 5.97 Å². The van der Waals surface area contributed by atoms with Gasteiger partial charge in [0.25, 0.3) is 0 Å². The van der Waals surface area contributed by atoms with Crippen LogP contribution in [0.4, 0.5) is 0 Å². The van der Waals surface area contributed by atoms with E-state index >= 15 is 0 Å². The number of methoxy groups -OCH3 is 1. The monoisotopic (exact) mass is 208 g/mol. The lowest BCUT2D eigenvalue weighted by Gasteiger charge is -2.34. The van der Waals surface area contributed by atoms with Crippen molar-refractivity contribution in [3.8, 4) is 0 Å². The van der Waals surface area contributed by atoms with Crippen LogP contribution in [0.25, 0.3) is 0 Å². The van der Waals surface area contributed by atoms with Crippen LogP contribution in [0.1, 0.15) is 39.5 Å². The molecule has 15 heavy (non-hydrogen) atoms. The first-order valence-corrected chi connectivity index (χ1v) is 5.43. The van der Waals surface area contributed by atoms with Crippen molar-refractivity contribution in [2.75, 3.05) is 7.11 Å². The third-order valence-electron chi connectivity index (χ3n) is 3.45. The second-order valence-electron chi connectivity index (χ2n) is 4.49. The van der Waals surface area contributed by atoms with E-state index in [4.69, 9.17) is 4.74 Å². The van der Waals surface area contributed by atoms with Gasteiger partial charge in [0.2, 0.25) is 0 Å². The van der Waals surface area contributed by atoms with Crippen LogP contribution in [0, 0.1) is 5.41 Å². The van der Waals surface area contributed by atoms with Gasteiger partial charge in [0.1, 0.15) is 0 Å². The Labute approximate surface area is 92.0 Å². The molecule has 1 aliphatic carbocycles. The minimum atomic E-state index is -0.153. The molecular weight excluding hydrogens is 188 g/mol. The van der Waals surface area contributed by atoms with Gasteiger partial charge in [-0.05, 0) is 26.2 Å². The molecule has 84 valence electrons. The lowest BCUT2D eigenvalue weighted by Crippen LogP contribution is -2.23. The Balaban J connectivity index is 2.96. The van der Waals surface area contributed by atoms with E-state index in [1.807, 2.05) is 6.08 Å². The Morgan fingerprint density at radius 2 is 2.33 bits per heavy atom. The quantitative estimate of drug-likeness (QED) is 0.525. The minimum Gasteiger partial charge on any atom is -0.469 e. The highest BCUT2D eigenvalue weighted by atomic mass is 16.5. The molecule has 1 atom stereocenters. The predicted molar refractivity (Wildman–Crippen MR) is 61.5 cm³/mol. The smallest absolute Gasteiger partial charge is 0.309 e. The second-order valence-corrected chi connectivity index (χ2v) is 4.49. The van der Waals surface area contributed by atoms with Gasteiger partial charge in [-0.2, -0.15) is 0 Å². The molecule has 0 aliphatic heterocycles. The van der Waals surface area contributed by atoms with Crippen LogP contribution in [0.5, 0.6) is 0 Å². The molecule has 1 rings (SSSR count). The Bertz CT molecular complexity index is 302. The zero-order chi connectivity index (χ0) is 11.5. The summed E-state index contributed by atoms with van der Waals surface area (Å²) < 4.78 is 4.73. The van der Waals surface area contributed by atoms with Crippen molar-refractivity contribution in [1.82, 2.24) is 0 Å². The minimum absolute atomic E-state index is 0.0173. The summed E-state index contributed by atoms with van der Waals surface area (Å²) in [6.45, 7) is 8.15. The first-order valence-electron chi connectivity index (χ1n) is 5.43. The number of ether oxygens (including phenoxy) is 1. The number of carbonyl (C=O) groups excluding carboxylic acids is 1. The lowest BCUT2D eigenvalue weighted by atomic mass is 9.70. The molecule has 0 heterocycles. The van der Waals surface area contributed by atoms with Crippen molar-refractivity contribution in [2.24, 2.45) is 5.41 Å². The molecule has 0 N–H and O–H groups in total. The molecule has 0 aromatic rings. The van der Waals surface area contributed by atoms with Gasteiger partial charge in [-0.15, -0.1) is 6.58 Å². The molecule has 0 amide bonds. The van der Waals surface area contributed by atoms with Crippen molar-refractivity contribution in [2.45, 2.75) is 39.5 Å². The molecule has 2 nitrogen and oxygen atoms in total. The van der Waals surface area contributed by atoms with Gasteiger partial charge in [0, 0.05) is 5.41 Å². The third kappa shape index (κ3) is 2.49. The van der Waals surface area contributed by atoms with E-state index in [0.717, 1.165) is 12.8 Å². The number of hydrogen-bond acceptors (Lipinski definition) is 2. The molecule has 0 unspecified atom stereocenters. The van der Waals surface area contributed by atoms with E-state index in [0.29, 0.717) is 6.42 Å². The number of rotatable bonds is 3. The standard InChI is InChI=1S/C13H20O2/c1-5-13(3)8-6-7-10(2)11(13)9-12(14)15-4/h5H,1,6-9H2,2-4H3/t13-/m0/s1. The molecule has 0 radical (unpaired) electrons. The fourth-order valence-corrected chi connectivity index (χ4v) is 2.30. The number of hydrogen-bond donors (Lipinski definition) is 0. The van der Waals surface area contributed by atoms with E-state index in [9.17, 15) is 4.79 Å². The Morgan fingerprint density at radius 1 is 1.67 bits per heavy atom. The summed E-state index contributed by atoms with van der Waals surface area (Å²) >= 11 is 0. The molecule has 2 heteroatoms. The molecular formula is C13H20O2. The number of carbonyl (C=O) groups is 1. The van der Waals surface area contributed by atoms with Gasteiger partial charge >= 0.3 is 5.97 Å². The van der Waals surface area contributed by atoms with E-state index < -0.39 is 0 Å². The van der Waals surface area contributed by atoms with Gasteiger partial charge in [-0.25, -0.2) is 0 Å². The molecule has 0 fully saturated rings. The van der Waals surface area contributed by atoms with Crippen LogP contribution in [0.15, 0.2) is 23.8 Å². The van der Waals surface area contributed by atoms with Gasteiger partial charge in [-0.1, -0.05) is 24.1 Å². The summed E-state index contributed by atoms with van der Waals surface area (Å²) in [5, 5.41) is 0. The number of esters is 1. The zero-order valence-electron chi connectivity index (χ0n) is 9.93.